The van der Waals surface area contributed by atoms with Crippen LogP contribution >= 0.6 is 11.6 Å². The van der Waals surface area contributed by atoms with Gasteiger partial charge in [-0.25, -0.2) is 10.4 Å². The SMILES string of the molecule is O=C(Nn1ccc(-c2ccco2)n1)c1cc(-c2cccc(Cl)c2)nc2ccccc12. The van der Waals surface area contributed by atoms with Gasteiger partial charge in [0.2, 0.25) is 0 Å². The topological polar surface area (TPSA) is 73.0 Å². The van der Waals surface area contributed by atoms with Crippen LogP contribution in [0.3, 0.4) is 0 Å². The van der Waals surface area contributed by atoms with E-state index < -0.39 is 0 Å². The third kappa shape index (κ3) is 3.44. The molecule has 0 radical (unpaired) electrons. The molecule has 5 rings (SSSR count). The van der Waals surface area contributed by atoms with E-state index in [0.29, 0.717) is 27.7 Å². The number of benzene rings is 2. The average molecular weight is 415 g/mol. The molecule has 1 N–H and O–H groups in total. The summed E-state index contributed by atoms with van der Waals surface area (Å²) in [7, 11) is 0. The maximum absolute atomic E-state index is 13.1. The lowest BCUT2D eigenvalue weighted by Gasteiger charge is -2.11. The summed E-state index contributed by atoms with van der Waals surface area (Å²) in [6.45, 7) is 0. The number of aromatic nitrogens is 3. The van der Waals surface area contributed by atoms with Gasteiger partial charge in [-0.3, -0.25) is 4.79 Å². The van der Waals surface area contributed by atoms with E-state index >= 15 is 0 Å². The summed E-state index contributed by atoms with van der Waals surface area (Å²) in [5, 5.41) is 5.70. The number of furan rings is 1. The molecule has 1 amide bonds. The molecule has 0 saturated heterocycles. The Balaban J connectivity index is 1.53. The number of carbonyl (C=O) groups excluding carboxylic acids is 1. The van der Waals surface area contributed by atoms with Crippen LogP contribution in [0.15, 0.2) is 89.7 Å². The summed E-state index contributed by atoms with van der Waals surface area (Å²) in [5.41, 5.74) is 6.13. The Hall–Kier alpha value is -3.90. The van der Waals surface area contributed by atoms with E-state index in [-0.39, 0.29) is 5.91 Å². The van der Waals surface area contributed by atoms with Crippen molar-refractivity contribution >= 4 is 28.4 Å². The first-order chi connectivity index (χ1) is 14.7. The number of pyridine rings is 1. The normalized spacial score (nSPS) is 11.0. The minimum atomic E-state index is -0.300. The van der Waals surface area contributed by atoms with Gasteiger partial charge in [0, 0.05) is 22.2 Å². The van der Waals surface area contributed by atoms with E-state index in [4.69, 9.17) is 21.0 Å². The number of carbonyl (C=O) groups is 1. The number of halogens is 1. The van der Waals surface area contributed by atoms with Crippen LogP contribution in [-0.4, -0.2) is 20.8 Å². The smallest absolute Gasteiger partial charge is 0.272 e. The minimum Gasteiger partial charge on any atom is -0.463 e. The first kappa shape index (κ1) is 18.1. The molecule has 5 aromatic rings. The van der Waals surface area contributed by atoms with Gasteiger partial charge in [0.1, 0.15) is 5.69 Å². The molecule has 0 spiro atoms. The lowest BCUT2D eigenvalue weighted by molar-refractivity contribution is 0.101. The van der Waals surface area contributed by atoms with Crippen molar-refractivity contribution in [2.75, 3.05) is 5.43 Å². The monoisotopic (exact) mass is 414 g/mol. The molecular formula is C23H15ClN4O2. The Kier molecular flexibility index (Phi) is 4.53. The molecule has 2 aromatic carbocycles. The fourth-order valence-electron chi connectivity index (χ4n) is 3.27. The van der Waals surface area contributed by atoms with Gasteiger partial charge in [-0.2, -0.15) is 4.79 Å². The van der Waals surface area contributed by atoms with E-state index in [1.165, 1.54) is 4.79 Å². The van der Waals surface area contributed by atoms with E-state index in [0.717, 1.165) is 16.5 Å². The lowest BCUT2D eigenvalue weighted by Crippen LogP contribution is -2.23. The standard InChI is InChI=1S/C23H15ClN4O2/c24-16-6-3-5-15(13-16)21-14-18(17-7-1-2-8-19(17)25-21)23(29)27-28-11-10-20(26-28)22-9-4-12-30-22/h1-14H,(H,27,29). The predicted molar refractivity (Wildman–Crippen MR) is 116 cm³/mol. The van der Waals surface area contributed by atoms with Crippen LogP contribution in [0.4, 0.5) is 0 Å². The summed E-state index contributed by atoms with van der Waals surface area (Å²) in [4.78, 5) is 19.2. The third-order valence-corrected chi connectivity index (χ3v) is 4.90. The van der Waals surface area contributed by atoms with E-state index in [1.54, 1.807) is 36.7 Å². The second-order valence-electron chi connectivity index (χ2n) is 6.65. The highest BCUT2D eigenvalue weighted by Gasteiger charge is 2.15. The Morgan fingerprint density at radius 3 is 2.70 bits per heavy atom. The maximum Gasteiger partial charge on any atom is 0.272 e. The molecule has 3 aromatic heterocycles. The number of hydrogen-bond acceptors (Lipinski definition) is 4. The number of hydrogen-bond donors (Lipinski definition) is 1. The van der Waals surface area contributed by atoms with Crippen molar-refractivity contribution < 1.29 is 9.21 Å². The molecule has 0 atom stereocenters. The van der Waals surface area contributed by atoms with Crippen molar-refractivity contribution in [2.24, 2.45) is 0 Å². The van der Waals surface area contributed by atoms with Crippen LogP contribution in [0.5, 0.6) is 0 Å². The largest absolute Gasteiger partial charge is 0.463 e. The van der Waals surface area contributed by atoms with Crippen molar-refractivity contribution in [3.05, 3.63) is 95.8 Å². The zero-order valence-corrected chi connectivity index (χ0v) is 16.4. The number of nitrogens with one attached hydrogen (secondary N) is 1. The van der Waals surface area contributed by atoms with Gasteiger partial charge in [0.05, 0.1) is 23.0 Å². The highest BCUT2D eigenvalue weighted by molar-refractivity contribution is 6.30. The summed E-state index contributed by atoms with van der Waals surface area (Å²) >= 11 is 6.14. The highest BCUT2D eigenvalue weighted by Crippen LogP contribution is 2.27. The molecule has 0 bridgehead atoms. The third-order valence-electron chi connectivity index (χ3n) is 4.66. The molecule has 6 nitrogen and oxygen atoms in total. The molecule has 0 aliphatic heterocycles. The number of fused-ring (bicyclic) bond motifs is 1. The Bertz CT molecular complexity index is 1360. The molecular weight excluding hydrogens is 400 g/mol. The van der Waals surface area contributed by atoms with Crippen LogP contribution < -0.4 is 5.43 Å². The zero-order chi connectivity index (χ0) is 20.5. The number of para-hydroxylation sites is 1. The lowest BCUT2D eigenvalue weighted by atomic mass is 10.0. The summed E-state index contributed by atoms with van der Waals surface area (Å²) < 4.78 is 5.35. The van der Waals surface area contributed by atoms with Crippen molar-refractivity contribution in [1.82, 2.24) is 14.9 Å². The molecule has 0 fully saturated rings. The second-order valence-corrected chi connectivity index (χ2v) is 7.08. The fourth-order valence-corrected chi connectivity index (χ4v) is 3.46. The zero-order valence-electron chi connectivity index (χ0n) is 15.6. The van der Waals surface area contributed by atoms with Gasteiger partial charge < -0.3 is 4.42 Å². The summed E-state index contributed by atoms with van der Waals surface area (Å²) in [5.74, 6) is 0.326. The summed E-state index contributed by atoms with van der Waals surface area (Å²) in [6.07, 6.45) is 3.24. The molecule has 0 saturated carbocycles. The number of nitrogens with zero attached hydrogens (tertiary/aromatic N) is 3. The van der Waals surface area contributed by atoms with Crippen molar-refractivity contribution in [3.8, 4) is 22.7 Å². The van der Waals surface area contributed by atoms with Crippen molar-refractivity contribution in [3.63, 3.8) is 0 Å². The number of rotatable bonds is 4. The summed E-state index contributed by atoms with van der Waals surface area (Å²) in [6, 6.07) is 22.0. The van der Waals surface area contributed by atoms with Crippen LogP contribution in [0.2, 0.25) is 5.02 Å². The molecule has 0 aliphatic rings. The van der Waals surface area contributed by atoms with Crippen LogP contribution in [0, 0.1) is 0 Å². The molecule has 0 aliphatic carbocycles. The van der Waals surface area contributed by atoms with Crippen LogP contribution in [-0.2, 0) is 0 Å². The van der Waals surface area contributed by atoms with Gasteiger partial charge >= 0.3 is 0 Å². The number of amides is 1. The first-order valence-corrected chi connectivity index (χ1v) is 9.62. The van der Waals surface area contributed by atoms with Gasteiger partial charge in [-0.05, 0) is 42.5 Å². The van der Waals surface area contributed by atoms with E-state index in [9.17, 15) is 4.79 Å². The quantitative estimate of drug-likeness (QED) is 0.427. The highest BCUT2D eigenvalue weighted by atomic mass is 35.5. The van der Waals surface area contributed by atoms with Gasteiger partial charge in [-0.15, -0.1) is 5.10 Å². The van der Waals surface area contributed by atoms with Crippen molar-refractivity contribution in [2.45, 2.75) is 0 Å². The maximum atomic E-state index is 13.1. The minimum absolute atomic E-state index is 0.300. The Morgan fingerprint density at radius 1 is 0.967 bits per heavy atom. The average Bonchev–Trinajstić information content (AvgIpc) is 3.45. The van der Waals surface area contributed by atoms with Crippen LogP contribution in [0.1, 0.15) is 10.4 Å². The molecule has 7 heteroatoms. The van der Waals surface area contributed by atoms with Crippen molar-refractivity contribution in [1.29, 1.82) is 0 Å². The Labute approximate surface area is 176 Å². The first-order valence-electron chi connectivity index (χ1n) is 9.24. The van der Waals surface area contributed by atoms with E-state index in [2.05, 4.69) is 10.5 Å². The fraction of sp³-hybridized carbons (Fsp3) is 0. The van der Waals surface area contributed by atoms with Crippen LogP contribution in [0.25, 0.3) is 33.6 Å². The molecule has 0 unspecified atom stereocenters. The second kappa shape index (κ2) is 7.50. The van der Waals surface area contributed by atoms with Gasteiger partial charge in [-0.1, -0.05) is 41.9 Å². The molecule has 3 heterocycles. The Morgan fingerprint density at radius 2 is 1.87 bits per heavy atom. The van der Waals surface area contributed by atoms with E-state index in [1.807, 2.05) is 48.5 Å². The predicted octanol–water partition coefficient (Wildman–Crippen LogP) is 5.40. The van der Waals surface area contributed by atoms with Gasteiger partial charge in [0.25, 0.3) is 5.91 Å². The molecule has 146 valence electrons. The molecule has 30 heavy (non-hydrogen) atoms. The van der Waals surface area contributed by atoms with Gasteiger partial charge in [0.15, 0.2) is 5.76 Å².